The average Bonchev–Trinajstić information content (AvgIpc) is 2.03. The first-order valence-electron chi connectivity index (χ1n) is 3.62. The minimum absolute atomic E-state index is 0.294. The van der Waals surface area contributed by atoms with Crippen molar-refractivity contribution in [3.05, 3.63) is 34.3 Å². The summed E-state index contributed by atoms with van der Waals surface area (Å²) in [6.45, 7) is 1.08. The van der Waals surface area contributed by atoms with Crippen molar-refractivity contribution in [2.45, 2.75) is 6.92 Å². The Morgan fingerprint density at radius 3 is 1.93 bits per heavy atom. The summed E-state index contributed by atoms with van der Waals surface area (Å²) in [6, 6.07) is 6.71. The Labute approximate surface area is 89.3 Å². The standard InChI is InChI=1S/C7H5BrO2.C2H4O2/c8-6-4-2-1-3-5(6)7(9)10;1-2(3)4/h1-4H,(H,9,10);1H3,(H,3,4). The molecular formula is C9H9BrO4. The highest BCUT2D eigenvalue weighted by atomic mass is 79.9. The molecule has 0 heterocycles. The second kappa shape index (κ2) is 6.15. The van der Waals surface area contributed by atoms with E-state index in [-0.39, 0.29) is 0 Å². The molecule has 0 aliphatic heterocycles. The molecule has 0 fully saturated rings. The van der Waals surface area contributed by atoms with Crippen molar-refractivity contribution in [2.75, 3.05) is 0 Å². The third kappa shape index (κ3) is 5.31. The Morgan fingerprint density at radius 1 is 1.21 bits per heavy atom. The van der Waals surface area contributed by atoms with Crippen LogP contribution < -0.4 is 0 Å². The van der Waals surface area contributed by atoms with Gasteiger partial charge in [-0.05, 0) is 28.1 Å². The molecule has 0 saturated heterocycles. The molecular weight excluding hydrogens is 252 g/mol. The van der Waals surface area contributed by atoms with Crippen molar-refractivity contribution in [2.24, 2.45) is 0 Å². The van der Waals surface area contributed by atoms with E-state index in [0.717, 1.165) is 6.92 Å². The van der Waals surface area contributed by atoms with Gasteiger partial charge in [0.2, 0.25) is 0 Å². The zero-order valence-electron chi connectivity index (χ0n) is 7.40. The van der Waals surface area contributed by atoms with Crippen molar-refractivity contribution in [1.29, 1.82) is 0 Å². The molecule has 1 aromatic carbocycles. The number of aromatic carboxylic acids is 1. The van der Waals surface area contributed by atoms with Crippen LogP contribution in [0.3, 0.4) is 0 Å². The number of hydrogen-bond acceptors (Lipinski definition) is 2. The summed E-state index contributed by atoms with van der Waals surface area (Å²) >= 11 is 3.12. The zero-order valence-corrected chi connectivity index (χ0v) is 8.98. The molecule has 76 valence electrons. The molecule has 4 nitrogen and oxygen atoms in total. The maximum absolute atomic E-state index is 10.4. The summed E-state index contributed by atoms with van der Waals surface area (Å²) in [6.07, 6.45) is 0. The fourth-order valence-electron chi connectivity index (χ4n) is 0.635. The first kappa shape index (κ1) is 12.6. The largest absolute Gasteiger partial charge is 0.481 e. The smallest absolute Gasteiger partial charge is 0.336 e. The van der Waals surface area contributed by atoms with Crippen LogP contribution in [0.15, 0.2) is 28.7 Å². The fraction of sp³-hybridized carbons (Fsp3) is 0.111. The lowest BCUT2D eigenvalue weighted by atomic mass is 10.2. The summed E-state index contributed by atoms with van der Waals surface area (Å²) in [5.74, 6) is -1.74. The van der Waals surface area contributed by atoms with Crippen LogP contribution in [0, 0.1) is 0 Å². The topological polar surface area (TPSA) is 74.6 Å². The van der Waals surface area contributed by atoms with Gasteiger partial charge in [0.15, 0.2) is 0 Å². The summed E-state index contributed by atoms with van der Waals surface area (Å²) in [5, 5.41) is 16.0. The van der Waals surface area contributed by atoms with Gasteiger partial charge in [-0.3, -0.25) is 4.79 Å². The van der Waals surface area contributed by atoms with E-state index in [9.17, 15) is 4.79 Å². The second-order valence-electron chi connectivity index (χ2n) is 2.30. The Bertz CT molecular complexity index is 331. The lowest BCUT2D eigenvalue weighted by molar-refractivity contribution is -0.134. The van der Waals surface area contributed by atoms with Gasteiger partial charge in [-0.25, -0.2) is 4.79 Å². The molecule has 0 saturated carbocycles. The van der Waals surface area contributed by atoms with Crippen LogP contribution in [0.1, 0.15) is 17.3 Å². The molecule has 0 aromatic heterocycles. The Morgan fingerprint density at radius 2 is 1.64 bits per heavy atom. The SMILES string of the molecule is CC(=O)O.O=C(O)c1ccccc1Br. The molecule has 2 N–H and O–H groups in total. The van der Waals surface area contributed by atoms with Gasteiger partial charge < -0.3 is 10.2 Å². The molecule has 0 spiro atoms. The third-order valence-electron chi connectivity index (χ3n) is 1.10. The van der Waals surface area contributed by atoms with Gasteiger partial charge in [-0.2, -0.15) is 0 Å². The van der Waals surface area contributed by atoms with Crippen LogP contribution in [0.2, 0.25) is 0 Å². The third-order valence-corrected chi connectivity index (χ3v) is 1.80. The van der Waals surface area contributed by atoms with Crippen LogP contribution in [-0.2, 0) is 4.79 Å². The van der Waals surface area contributed by atoms with E-state index in [1.807, 2.05) is 0 Å². The van der Waals surface area contributed by atoms with E-state index in [0.29, 0.717) is 10.0 Å². The number of carboxylic acids is 2. The predicted octanol–water partition coefficient (Wildman–Crippen LogP) is 2.24. The first-order valence-corrected chi connectivity index (χ1v) is 4.41. The van der Waals surface area contributed by atoms with Gasteiger partial charge in [0.25, 0.3) is 5.97 Å². The van der Waals surface area contributed by atoms with Crippen LogP contribution in [0.25, 0.3) is 0 Å². The molecule has 1 rings (SSSR count). The predicted molar refractivity (Wildman–Crippen MR) is 54.4 cm³/mol. The van der Waals surface area contributed by atoms with E-state index < -0.39 is 11.9 Å². The van der Waals surface area contributed by atoms with Gasteiger partial charge in [0.05, 0.1) is 5.56 Å². The summed E-state index contributed by atoms with van der Waals surface area (Å²) < 4.78 is 0.613. The van der Waals surface area contributed by atoms with Gasteiger partial charge >= 0.3 is 5.97 Å². The molecule has 0 radical (unpaired) electrons. The zero-order chi connectivity index (χ0) is 11.1. The van der Waals surface area contributed by atoms with Gasteiger partial charge in [0, 0.05) is 11.4 Å². The first-order chi connectivity index (χ1) is 6.45. The molecule has 0 bridgehead atoms. The van der Waals surface area contributed by atoms with Crippen LogP contribution in [0.4, 0.5) is 0 Å². The number of halogens is 1. The lowest BCUT2D eigenvalue weighted by Crippen LogP contribution is -1.95. The van der Waals surface area contributed by atoms with Crippen LogP contribution in [0.5, 0.6) is 0 Å². The Hall–Kier alpha value is -1.36. The van der Waals surface area contributed by atoms with Crippen molar-refractivity contribution in [3.63, 3.8) is 0 Å². The summed E-state index contributed by atoms with van der Waals surface area (Å²) in [7, 11) is 0. The van der Waals surface area contributed by atoms with E-state index in [2.05, 4.69) is 15.9 Å². The van der Waals surface area contributed by atoms with E-state index in [4.69, 9.17) is 15.0 Å². The number of aliphatic carboxylic acids is 1. The molecule has 0 unspecified atom stereocenters. The molecule has 5 heteroatoms. The average molecular weight is 261 g/mol. The number of benzene rings is 1. The molecule has 0 aliphatic rings. The highest BCUT2D eigenvalue weighted by molar-refractivity contribution is 9.10. The summed E-state index contributed by atoms with van der Waals surface area (Å²) in [4.78, 5) is 19.4. The second-order valence-corrected chi connectivity index (χ2v) is 3.16. The van der Waals surface area contributed by atoms with E-state index >= 15 is 0 Å². The molecule has 0 atom stereocenters. The number of carbonyl (C=O) groups is 2. The lowest BCUT2D eigenvalue weighted by Gasteiger charge is -1.94. The van der Waals surface area contributed by atoms with E-state index in [1.165, 1.54) is 0 Å². The normalized spacial score (nSPS) is 8.43. The number of hydrogen-bond donors (Lipinski definition) is 2. The van der Waals surface area contributed by atoms with Gasteiger partial charge in [-0.15, -0.1) is 0 Å². The minimum atomic E-state index is -0.910. The highest BCUT2D eigenvalue weighted by Crippen LogP contribution is 2.14. The minimum Gasteiger partial charge on any atom is -0.481 e. The van der Waals surface area contributed by atoms with E-state index in [1.54, 1.807) is 24.3 Å². The van der Waals surface area contributed by atoms with Crippen molar-refractivity contribution < 1.29 is 19.8 Å². The molecule has 0 aliphatic carbocycles. The highest BCUT2D eigenvalue weighted by Gasteiger charge is 2.04. The van der Waals surface area contributed by atoms with Gasteiger partial charge in [-0.1, -0.05) is 12.1 Å². The van der Waals surface area contributed by atoms with Crippen molar-refractivity contribution in [1.82, 2.24) is 0 Å². The molecule has 0 amide bonds. The maximum atomic E-state index is 10.4. The summed E-state index contributed by atoms with van der Waals surface area (Å²) in [5.41, 5.74) is 0.294. The van der Waals surface area contributed by atoms with Gasteiger partial charge in [0.1, 0.15) is 0 Å². The Kier molecular flexibility index (Phi) is 5.55. The Balaban J connectivity index is 0.000000364. The number of rotatable bonds is 1. The van der Waals surface area contributed by atoms with Crippen LogP contribution >= 0.6 is 15.9 Å². The molecule has 14 heavy (non-hydrogen) atoms. The van der Waals surface area contributed by atoms with Crippen LogP contribution in [-0.4, -0.2) is 22.2 Å². The number of carboxylic acid groups (broad SMARTS) is 2. The monoisotopic (exact) mass is 260 g/mol. The fourth-order valence-corrected chi connectivity index (χ4v) is 1.09. The van der Waals surface area contributed by atoms with Crippen molar-refractivity contribution >= 4 is 27.9 Å². The molecule has 1 aromatic rings. The van der Waals surface area contributed by atoms with Crippen molar-refractivity contribution in [3.8, 4) is 0 Å². The quantitative estimate of drug-likeness (QED) is 0.812. The maximum Gasteiger partial charge on any atom is 0.336 e.